The number of rotatable bonds is 3. The number of benzene rings is 1. The zero-order valence-electron chi connectivity index (χ0n) is 12.2. The molecule has 4 nitrogen and oxygen atoms in total. The molecule has 1 aromatic carbocycles. The van der Waals surface area contributed by atoms with Crippen LogP contribution in [0.4, 0.5) is 0 Å². The minimum atomic E-state index is -0.0890. The van der Waals surface area contributed by atoms with Crippen LogP contribution in [-0.2, 0) is 6.54 Å². The van der Waals surface area contributed by atoms with Gasteiger partial charge in [0, 0.05) is 34.3 Å². The molecule has 0 fully saturated rings. The first-order valence-corrected chi connectivity index (χ1v) is 8.45. The summed E-state index contributed by atoms with van der Waals surface area (Å²) in [4.78, 5) is 21.6. The van der Waals surface area contributed by atoms with E-state index < -0.39 is 0 Å². The lowest BCUT2D eigenvalue weighted by atomic mass is 10.1. The number of hydrogen-bond donors (Lipinski definition) is 0. The molecule has 0 aliphatic carbocycles. The maximum Gasteiger partial charge on any atom is 0.260 e. The van der Waals surface area contributed by atoms with Crippen LogP contribution in [0.2, 0.25) is 5.02 Å². The lowest BCUT2D eigenvalue weighted by Gasteiger charge is -2.11. The van der Waals surface area contributed by atoms with E-state index in [1.165, 1.54) is 11.8 Å². The molecule has 2 heterocycles. The van der Waals surface area contributed by atoms with Gasteiger partial charge < -0.3 is 0 Å². The van der Waals surface area contributed by atoms with Crippen molar-refractivity contribution >= 4 is 34.4 Å². The number of fused-ring (bicyclic) bond motifs is 1. The Hall–Kier alpha value is -1.85. The van der Waals surface area contributed by atoms with E-state index in [4.69, 9.17) is 11.6 Å². The first-order valence-electron chi connectivity index (χ1n) is 6.85. The maximum absolute atomic E-state index is 12.8. The summed E-state index contributed by atoms with van der Waals surface area (Å²) >= 11 is 7.70. The molecule has 0 aliphatic heterocycles. The minimum absolute atomic E-state index is 0.0890. The second-order valence-electron chi connectivity index (χ2n) is 4.72. The molecule has 0 aliphatic rings. The Balaban J connectivity index is 2.37. The van der Waals surface area contributed by atoms with Gasteiger partial charge in [-0.3, -0.25) is 9.36 Å². The molecule has 0 amide bonds. The molecule has 6 heteroatoms. The predicted molar refractivity (Wildman–Crippen MR) is 91.7 cm³/mol. The summed E-state index contributed by atoms with van der Waals surface area (Å²) in [5, 5.41) is 2.04. The standard InChI is InChI=1S/C16H14ClN3OS/c1-3-20-14-10(9-18-16(19-14)22-2)8-12(15(20)21)11-6-4-5-7-13(11)17/h4-9H,3H2,1-2H3. The molecule has 0 saturated carbocycles. The highest BCUT2D eigenvalue weighted by molar-refractivity contribution is 7.98. The van der Waals surface area contributed by atoms with Crippen molar-refractivity contribution in [1.82, 2.24) is 14.5 Å². The third-order valence-corrected chi connectivity index (χ3v) is 4.36. The highest BCUT2D eigenvalue weighted by Crippen LogP contribution is 2.27. The lowest BCUT2D eigenvalue weighted by Crippen LogP contribution is -2.22. The Morgan fingerprint density at radius 2 is 2.05 bits per heavy atom. The Labute approximate surface area is 137 Å². The SMILES string of the molecule is CCn1c(=O)c(-c2ccccc2Cl)cc2cnc(SC)nc21. The van der Waals surface area contributed by atoms with Crippen molar-refractivity contribution in [1.29, 1.82) is 0 Å². The smallest absolute Gasteiger partial charge is 0.260 e. The molecule has 112 valence electrons. The fraction of sp³-hybridized carbons (Fsp3) is 0.188. The third kappa shape index (κ3) is 2.51. The highest BCUT2D eigenvalue weighted by atomic mass is 35.5. The molecular weight excluding hydrogens is 318 g/mol. The molecule has 0 spiro atoms. The van der Waals surface area contributed by atoms with Crippen LogP contribution >= 0.6 is 23.4 Å². The van der Waals surface area contributed by atoms with Crippen LogP contribution in [0.25, 0.3) is 22.2 Å². The first kappa shape index (κ1) is 15.1. The molecule has 3 aromatic rings. The molecule has 2 aromatic heterocycles. The van der Waals surface area contributed by atoms with Crippen LogP contribution in [0.3, 0.4) is 0 Å². The van der Waals surface area contributed by atoms with Crippen molar-refractivity contribution in [2.45, 2.75) is 18.6 Å². The van der Waals surface area contributed by atoms with Crippen LogP contribution in [0.5, 0.6) is 0 Å². The number of halogens is 1. The van der Waals surface area contributed by atoms with Gasteiger partial charge in [-0.1, -0.05) is 41.6 Å². The number of thioether (sulfide) groups is 1. The topological polar surface area (TPSA) is 47.8 Å². The van der Waals surface area contributed by atoms with Crippen LogP contribution in [0, 0.1) is 0 Å². The summed E-state index contributed by atoms with van der Waals surface area (Å²) in [6.45, 7) is 2.47. The Morgan fingerprint density at radius 1 is 1.27 bits per heavy atom. The summed E-state index contributed by atoms with van der Waals surface area (Å²) in [5.41, 5.74) is 1.86. The lowest BCUT2D eigenvalue weighted by molar-refractivity contribution is 0.743. The van der Waals surface area contributed by atoms with E-state index in [2.05, 4.69) is 9.97 Å². The van der Waals surface area contributed by atoms with Gasteiger partial charge in [0.05, 0.1) is 0 Å². The van der Waals surface area contributed by atoms with Crippen molar-refractivity contribution in [3.05, 3.63) is 51.9 Å². The average Bonchev–Trinajstić information content (AvgIpc) is 2.54. The molecule has 3 rings (SSSR count). The maximum atomic E-state index is 12.8. The van der Waals surface area contributed by atoms with E-state index in [0.717, 1.165) is 10.9 Å². The van der Waals surface area contributed by atoms with Crippen molar-refractivity contribution < 1.29 is 0 Å². The fourth-order valence-electron chi connectivity index (χ4n) is 2.41. The number of nitrogens with zero attached hydrogens (tertiary/aromatic N) is 3. The van der Waals surface area contributed by atoms with E-state index in [-0.39, 0.29) is 5.56 Å². The molecule has 0 N–H and O–H groups in total. The highest BCUT2D eigenvalue weighted by Gasteiger charge is 2.14. The van der Waals surface area contributed by atoms with Gasteiger partial charge in [0.2, 0.25) is 0 Å². The van der Waals surface area contributed by atoms with Crippen LogP contribution in [-0.4, -0.2) is 20.8 Å². The quantitative estimate of drug-likeness (QED) is 0.540. The van der Waals surface area contributed by atoms with Crippen molar-refractivity contribution in [2.75, 3.05) is 6.26 Å². The molecule has 0 atom stereocenters. The van der Waals surface area contributed by atoms with E-state index >= 15 is 0 Å². The van der Waals surface area contributed by atoms with E-state index in [1.54, 1.807) is 16.8 Å². The average molecular weight is 332 g/mol. The summed E-state index contributed by atoms with van der Waals surface area (Å²) < 4.78 is 1.66. The number of aromatic nitrogens is 3. The van der Waals surface area contributed by atoms with Gasteiger partial charge in [-0.15, -0.1) is 0 Å². The van der Waals surface area contributed by atoms with Gasteiger partial charge in [-0.25, -0.2) is 9.97 Å². The first-order chi connectivity index (χ1) is 10.7. The van der Waals surface area contributed by atoms with E-state index in [9.17, 15) is 4.79 Å². The van der Waals surface area contributed by atoms with Gasteiger partial charge in [0.15, 0.2) is 5.16 Å². The Morgan fingerprint density at radius 3 is 2.73 bits per heavy atom. The molecule has 22 heavy (non-hydrogen) atoms. The van der Waals surface area contributed by atoms with Gasteiger partial charge in [-0.05, 0) is 25.3 Å². The molecule has 0 unspecified atom stereocenters. The van der Waals surface area contributed by atoms with Gasteiger partial charge in [-0.2, -0.15) is 0 Å². The van der Waals surface area contributed by atoms with Crippen LogP contribution in [0.1, 0.15) is 6.92 Å². The number of hydrogen-bond acceptors (Lipinski definition) is 4. The summed E-state index contributed by atoms with van der Waals surface area (Å²) in [6.07, 6.45) is 3.66. The largest absolute Gasteiger partial charge is 0.292 e. The predicted octanol–water partition coefficient (Wildman–Crippen LogP) is 3.85. The second-order valence-corrected chi connectivity index (χ2v) is 5.90. The molecule has 0 saturated heterocycles. The molecule has 0 radical (unpaired) electrons. The Bertz CT molecular complexity index is 908. The monoisotopic (exact) mass is 331 g/mol. The van der Waals surface area contributed by atoms with Crippen LogP contribution in [0.15, 0.2) is 46.5 Å². The summed E-state index contributed by atoms with van der Waals surface area (Å²) in [7, 11) is 0. The van der Waals surface area contributed by atoms with Crippen molar-refractivity contribution in [3.8, 4) is 11.1 Å². The number of aryl methyl sites for hydroxylation is 1. The Kier molecular flexibility index (Phi) is 4.18. The van der Waals surface area contributed by atoms with Gasteiger partial charge >= 0.3 is 0 Å². The normalized spacial score (nSPS) is 11.0. The summed E-state index contributed by atoms with van der Waals surface area (Å²) in [6, 6.07) is 9.16. The fourth-order valence-corrected chi connectivity index (χ4v) is 2.98. The minimum Gasteiger partial charge on any atom is -0.292 e. The van der Waals surface area contributed by atoms with Gasteiger partial charge in [0.25, 0.3) is 5.56 Å². The number of pyridine rings is 1. The zero-order chi connectivity index (χ0) is 15.7. The zero-order valence-corrected chi connectivity index (χ0v) is 13.8. The van der Waals surface area contributed by atoms with Crippen molar-refractivity contribution in [3.63, 3.8) is 0 Å². The van der Waals surface area contributed by atoms with E-state index in [1.807, 2.05) is 37.4 Å². The summed E-state index contributed by atoms with van der Waals surface area (Å²) in [5.74, 6) is 0. The second kappa shape index (κ2) is 6.10. The third-order valence-electron chi connectivity index (χ3n) is 3.47. The van der Waals surface area contributed by atoms with E-state index in [0.29, 0.717) is 27.9 Å². The molecule has 0 bridgehead atoms. The van der Waals surface area contributed by atoms with Crippen molar-refractivity contribution in [2.24, 2.45) is 0 Å². The van der Waals surface area contributed by atoms with Gasteiger partial charge in [0.1, 0.15) is 5.65 Å². The van der Waals surface area contributed by atoms with Crippen LogP contribution < -0.4 is 5.56 Å². The molecular formula is C16H14ClN3OS.